The molecule has 0 aliphatic heterocycles. The molecule has 0 aromatic carbocycles. The van der Waals surface area contributed by atoms with Crippen molar-refractivity contribution in [1.82, 2.24) is 9.97 Å². The normalized spacial score (nSPS) is 11.9. The van der Waals surface area contributed by atoms with Crippen LogP contribution in [-0.2, 0) is 46.9 Å². The minimum Gasteiger partial charge on any atom is -0.495 e. The first-order valence-electron chi connectivity index (χ1n) is 8.71. The zero-order chi connectivity index (χ0) is 23.9. The van der Waals surface area contributed by atoms with Gasteiger partial charge in [-0.1, -0.05) is 0 Å². The Labute approximate surface area is 186 Å². The fourth-order valence-corrected chi connectivity index (χ4v) is 3.98. The first-order chi connectivity index (χ1) is 14.9. The van der Waals surface area contributed by atoms with Gasteiger partial charge in [0.2, 0.25) is 20.0 Å². The number of aromatic nitrogens is 2. The van der Waals surface area contributed by atoms with Crippen LogP contribution in [0.3, 0.4) is 0 Å². The van der Waals surface area contributed by atoms with Crippen molar-refractivity contribution in [2.24, 2.45) is 0 Å². The van der Waals surface area contributed by atoms with Crippen LogP contribution >= 0.6 is 8.25 Å². The van der Waals surface area contributed by atoms with Gasteiger partial charge in [0.15, 0.2) is 0 Å². The molecule has 2 N–H and O–H groups in total. The lowest BCUT2D eigenvalue weighted by molar-refractivity contribution is 0.209. The first kappa shape index (κ1) is 25.8. The Morgan fingerprint density at radius 2 is 1.19 bits per heavy atom. The van der Waals surface area contributed by atoms with Crippen molar-refractivity contribution in [1.29, 1.82) is 0 Å². The number of anilines is 2. The van der Waals surface area contributed by atoms with Crippen LogP contribution in [0, 0.1) is 0 Å². The van der Waals surface area contributed by atoms with Gasteiger partial charge < -0.3 is 18.5 Å². The van der Waals surface area contributed by atoms with Crippen LogP contribution < -0.4 is 18.9 Å². The highest BCUT2D eigenvalue weighted by molar-refractivity contribution is 7.92. The highest BCUT2D eigenvalue weighted by atomic mass is 32.2. The Morgan fingerprint density at radius 3 is 1.50 bits per heavy atom. The van der Waals surface area contributed by atoms with Crippen molar-refractivity contribution < 1.29 is 39.9 Å². The van der Waals surface area contributed by atoms with Crippen molar-refractivity contribution >= 4 is 39.9 Å². The lowest BCUT2D eigenvalue weighted by Gasteiger charge is -2.13. The van der Waals surface area contributed by atoms with Crippen LogP contribution in [0.15, 0.2) is 24.5 Å². The number of methoxy groups -OCH3 is 2. The summed E-state index contributed by atoms with van der Waals surface area (Å²) in [5.41, 5.74) is 0.772. The number of hydrogen-bond acceptors (Lipinski definition) is 11. The molecule has 2 aromatic rings. The van der Waals surface area contributed by atoms with Gasteiger partial charge in [-0.15, -0.1) is 0 Å². The lowest BCUT2D eigenvalue weighted by Crippen LogP contribution is -2.11. The third-order valence-corrected chi connectivity index (χ3v) is 5.53. The zero-order valence-corrected chi connectivity index (χ0v) is 20.2. The van der Waals surface area contributed by atoms with Gasteiger partial charge in [0.05, 0.1) is 52.3 Å². The average molecular weight is 510 g/mol. The van der Waals surface area contributed by atoms with E-state index in [1.807, 2.05) is 0 Å². The summed E-state index contributed by atoms with van der Waals surface area (Å²) in [5.74, 6) is 0.678. The number of pyridine rings is 2. The van der Waals surface area contributed by atoms with Gasteiger partial charge in [0, 0.05) is 11.1 Å². The van der Waals surface area contributed by atoms with Crippen molar-refractivity contribution in [2.45, 2.75) is 13.2 Å². The van der Waals surface area contributed by atoms with Crippen LogP contribution in [0.4, 0.5) is 11.6 Å². The van der Waals surface area contributed by atoms with Gasteiger partial charge in [-0.25, -0.2) is 26.8 Å². The summed E-state index contributed by atoms with van der Waals surface area (Å²) in [6.07, 6.45) is 4.54. The Morgan fingerprint density at radius 1 is 0.812 bits per heavy atom. The smallest absolute Gasteiger partial charge is 0.319 e. The van der Waals surface area contributed by atoms with Gasteiger partial charge in [-0.3, -0.25) is 14.0 Å². The maximum absolute atomic E-state index is 12.2. The van der Waals surface area contributed by atoms with E-state index in [0.717, 1.165) is 12.5 Å². The van der Waals surface area contributed by atoms with E-state index >= 15 is 0 Å². The molecule has 0 radical (unpaired) electrons. The maximum atomic E-state index is 12.2. The number of ether oxygens (including phenoxy) is 2. The van der Waals surface area contributed by atoms with Crippen molar-refractivity contribution in [2.75, 3.05) is 36.2 Å². The molecule has 0 aliphatic rings. The molecule has 178 valence electrons. The molecule has 16 heteroatoms. The molecule has 2 aromatic heterocycles. The highest BCUT2D eigenvalue weighted by Crippen LogP contribution is 2.32. The number of sulfonamides is 2. The second-order valence-corrected chi connectivity index (χ2v) is 10.9. The second kappa shape index (κ2) is 10.9. The van der Waals surface area contributed by atoms with Crippen LogP contribution in [0.5, 0.6) is 11.5 Å². The fraction of sp³-hybridized carbons (Fsp3) is 0.375. The summed E-state index contributed by atoms with van der Waals surface area (Å²) < 4.78 is 82.9. The highest BCUT2D eigenvalue weighted by Gasteiger charge is 2.13. The number of nitrogens with one attached hydrogen (secondary N) is 2. The molecule has 2 heterocycles. The van der Waals surface area contributed by atoms with Crippen LogP contribution in [0.1, 0.15) is 11.1 Å². The minimum atomic E-state index is -3.54. The molecule has 0 amide bonds. The Balaban J connectivity index is 2.05. The standard InChI is InChI=1S/C16H23N4O9PS2/c1-26-13-7-17-15(19-31(3,22)23)5-11(13)9-28-30(21)29-10-12-6-16(20-32(4,24)25)18-8-14(12)27-2/h5-8,30H,9-10H2,1-4H3,(H,17,19)(H,18,20). The molecule has 0 bridgehead atoms. The average Bonchev–Trinajstić information content (AvgIpc) is 2.68. The number of hydrogen-bond donors (Lipinski definition) is 2. The van der Waals surface area contributed by atoms with Crippen molar-refractivity contribution in [3.63, 3.8) is 0 Å². The van der Waals surface area contributed by atoms with E-state index < -0.39 is 28.3 Å². The van der Waals surface area contributed by atoms with E-state index in [1.165, 1.54) is 38.7 Å². The predicted octanol–water partition coefficient (Wildman–Crippen LogP) is 1.36. The zero-order valence-electron chi connectivity index (χ0n) is 17.6. The van der Waals surface area contributed by atoms with Gasteiger partial charge in [0.1, 0.15) is 23.1 Å². The number of rotatable bonds is 12. The second-order valence-electron chi connectivity index (χ2n) is 6.34. The Hall–Kier alpha value is -2.45. The van der Waals surface area contributed by atoms with Gasteiger partial charge >= 0.3 is 8.25 Å². The maximum Gasteiger partial charge on any atom is 0.319 e. The summed E-state index contributed by atoms with van der Waals surface area (Å²) in [7, 11) is -7.31. The quantitative estimate of drug-likeness (QED) is 0.395. The van der Waals surface area contributed by atoms with Gasteiger partial charge in [0.25, 0.3) is 0 Å². The SMILES string of the molecule is COc1cnc(NS(C)(=O)=O)cc1CO[PH](=O)OCc1cc(NS(C)(=O)=O)ncc1OC. The van der Waals surface area contributed by atoms with Crippen molar-refractivity contribution in [3.05, 3.63) is 35.7 Å². The third kappa shape index (κ3) is 8.59. The lowest BCUT2D eigenvalue weighted by atomic mass is 10.2. The molecule has 0 aliphatic carbocycles. The summed E-state index contributed by atoms with van der Waals surface area (Å²) in [5, 5.41) is 0. The Kier molecular flexibility index (Phi) is 8.81. The summed E-state index contributed by atoms with van der Waals surface area (Å²) in [6, 6.07) is 2.76. The van der Waals surface area contributed by atoms with Crippen molar-refractivity contribution in [3.8, 4) is 11.5 Å². The topological polar surface area (TPSA) is 172 Å². The molecule has 2 rings (SSSR count). The fourth-order valence-electron chi connectivity index (χ4n) is 2.37. The largest absolute Gasteiger partial charge is 0.495 e. The summed E-state index contributed by atoms with van der Waals surface area (Å²) in [6.45, 7) is -0.424. The first-order valence-corrected chi connectivity index (χ1v) is 13.7. The Bertz CT molecular complexity index is 1100. The van der Waals surface area contributed by atoms with E-state index in [9.17, 15) is 21.4 Å². The molecular formula is C16H23N4O9PS2. The van der Waals surface area contributed by atoms with E-state index in [1.54, 1.807) is 0 Å². The van der Waals surface area contributed by atoms with E-state index in [-0.39, 0.29) is 24.8 Å². The molecule has 0 atom stereocenters. The summed E-state index contributed by atoms with van der Waals surface area (Å²) in [4.78, 5) is 7.82. The molecule has 13 nitrogen and oxygen atoms in total. The van der Waals surface area contributed by atoms with Gasteiger partial charge in [-0.05, 0) is 12.1 Å². The van der Waals surface area contributed by atoms with Gasteiger partial charge in [-0.2, -0.15) is 0 Å². The van der Waals surface area contributed by atoms with E-state index in [2.05, 4.69) is 19.4 Å². The monoisotopic (exact) mass is 510 g/mol. The molecule has 0 fully saturated rings. The van der Waals surface area contributed by atoms with Crippen LogP contribution in [0.25, 0.3) is 0 Å². The van der Waals surface area contributed by atoms with E-state index in [4.69, 9.17) is 18.5 Å². The summed E-state index contributed by atoms with van der Waals surface area (Å²) >= 11 is 0. The predicted molar refractivity (Wildman–Crippen MR) is 117 cm³/mol. The number of nitrogens with zero attached hydrogens (tertiary/aromatic N) is 2. The molecule has 32 heavy (non-hydrogen) atoms. The van der Waals surface area contributed by atoms with Crippen LogP contribution in [-0.4, -0.2) is 53.5 Å². The molecule has 0 unspecified atom stereocenters. The minimum absolute atomic E-state index is 0.0416. The third-order valence-electron chi connectivity index (χ3n) is 3.61. The molecular weight excluding hydrogens is 487 g/mol. The molecule has 0 saturated carbocycles. The van der Waals surface area contributed by atoms with E-state index in [0.29, 0.717) is 22.6 Å². The molecule has 0 saturated heterocycles. The van der Waals surface area contributed by atoms with Crippen LogP contribution in [0.2, 0.25) is 0 Å². The molecule has 0 spiro atoms.